The summed E-state index contributed by atoms with van der Waals surface area (Å²) in [5.41, 5.74) is 2.21. The van der Waals surface area contributed by atoms with Crippen LogP contribution in [0.15, 0.2) is 30.3 Å². The molecule has 146 valence electrons. The number of hydrogen-bond acceptors (Lipinski definition) is 6. The molecule has 8 nitrogen and oxygen atoms in total. The van der Waals surface area contributed by atoms with Crippen molar-refractivity contribution < 1.29 is 24.4 Å². The number of nitrogens with zero attached hydrogens (tertiary/aromatic N) is 2. The number of rotatable bonds is 6. The van der Waals surface area contributed by atoms with Crippen molar-refractivity contribution in [2.24, 2.45) is 0 Å². The van der Waals surface area contributed by atoms with E-state index < -0.39 is 28.5 Å². The second-order valence-electron chi connectivity index (χ2n) is 6.80. The highest BCUT2D eigenvalue weighted by atomic mass is 16.6. The highest BCUT2D eigenvalue weighted by Gasteiger charge is 2.41. The molecule has 3 rings (SSSR count). The number of benzene rings is 2. The summed E-state index contributed by atoms with van der Waals surface area (Å²) in [7, 11) is 0. The Balaban J connectivity index is 1.74. The molecule has 0 bridgehead atoms. The summed E-state index contributed by atoms with van der Waals surface area (Å²) in [4.78, 5) is 36.3. The number of β-amino-alcohol motifs (C(OH)–C–C–N with tert-alkyl or cyclic N) is 1. The number of aliphatic hydroxyl groups is 1. The largest absolute Gasteiger partial charge is 0.490 e. The third kappa shape index (κ3) is 3.34. The number of aliphatic hydroxyl groups excluding tert-OH is 1. The fraction of sp³-hybridized carbons (Fsp3) is 0.300. The maximum Gasteiger partial charge on any atom is 0.282 e. The lowest BCUT2D eigenvalue weighted by molar-refractivity contribution is -0.385. The first-order chi connectivity index (χ1) is 13.2. The zero-order valence-corrected chi connectivity index (χ0v) is 15.8. The van der Waals surface area contributed by atoms with E-state index in [1.807, 2.05) is 32.9 Å². The van der Waals surface area contributed by atoms with Gasteiger partial charge in [0, 0.05) is 6.07 Å². The quantitative estimate of drug-likeness (QED) is 0.466. The molecule has 0 fully saturated rings. The molecule has 0 aliphatic carbocycles. The van der Waals surface area contributed by atoms with Crippen molar-refractivity contribution in [1.82, 2.24) is 4.90 Å². The van der Waals surface area contributed by atoms with E-state index in [4.69, 9.17) is 4.74 Å². The van der Waals surface area contributed by atoms with Crippen molar-refractivity contribution in [1.29, 1.82) is 0 Å². The molecule has 28 heavy (non-hydrogen) atoms. The van der Waals surface area contributed by atoms with Gasteiger partial charge in [0.2, 0.25) is 0 Å². The average Bonchev–Trinajstić information content (AvgIpc) is 2.89. The molecule has 0 saturated heterocycles. The van der Waals surface area contributed by atoms with Crippen LogP contribution in [0.25, 0.3) is 0 Å². The smallest absolute Gasteiger partial charge is 0.282 e. The van der Waals surface area contributed by atoms with Crippen LogP contribution < -0.4 is 4.74 Å². The fourth-order valence-electron chi connectivity index (χ4n) is 3.22. The first-order valence-corrected chi connectivity index (χ1v) is 8.73. The molecule has 8 heteroatoms. The van der Waals surface area contributed by atoms with Crippen LogP contribution in [0.5, 0.6) is 5.75 Å². The Morgan fingerprint density at radius 1 is 1.11 bits per heavy atom. The Labute approximate surface area is 161 Å². The van der Waals surface area contributed by atoms with Gasteiger partial charge >= 0.3 is 0 Å². The monoisotopic (exact) mass is 384 g/mol. The number of hydrogen-bond donors (Lipinski definition) is 1. The number of amides is 2. The van der Waals surface area contributed by atoms with E-state index in [1.54, 1.807) is 0 Å². The number of carbonyl (C=O) groups is 2. The van der Waals surface area contributed by atoms with Gasteiger partial charge in [-0.05, 0) is 43.5 Å². The fourth-order valence-corrected chi connectivity index (χ4v) is 3.22. The summed E-state index contributed by atoms with van der Waals surface area (Å²) in [6.45, 7) is 5.31. The molecule has 2 amide bonds. The van der Waals surface area contributed by atoms with Gasteiger partial charge in [-0.15, -0.1) is 0 Å². The van der Waals surface area contributed by atoms with Gasteiger partial charge in [0.05, 0.1) is 17.0 Å². The Morgan fingerprint density at radius 3 is 2.46 bits per heavy atom. The Morgan fingerprint density at radius 2 is 1.79 bits per heavy atom. The number of fused-ring (bicyclic) bond motifs is 1. The molecule has 1 aliphatic rings. The Kier molecular flexibility index (Phi) is 5.15. The Bertz CT molecular complexity index is 985. The predicted octanol–water partition coefficient (Wildman–Crippen LogP) is 2.56. The highest BCUT2D eigenvalue weighted by Crippen LogP contribution is 2.31. The van der Waals surface area contributed by atoms with Crippen LogP contribution in [0.4, 0.5) is 5.69 Å². The molecule has 0 spiro atoms. The van der Waals surface area contributed by atoms with Crippen LogP contribution in [0, 0.1) is 30.9 Å². The van der Waals surface area contributed by atoms with E-state index >= 15 is 0 Å². The second-order valence-corrected chi connectivity index (χ2v) is 6.80. The minimum atomic E-state index is -1.14. The predicted molar refractivity (Wildman–Crippen MR) is 101 cm³/mol. The lowest BCUT2D eigenvalue weighted by Gasteiger charge is -2.20. The number of nitro groups is 1. The Hall–Kier alpha value is -3.26. The van der Waals surface area contributed by atoms with Crippen molar-refractivity contribution >= 4 is 17.5 Å². The van der Waals surface area contributed by atoms with Crippen LogP contribution in [-0.2, 0) is 0 Å². The van der Waals surface area contributed by atoms with Gasteiger partial charge in [-0.25, -0.2) is 0 Å². The van der Waals surface area contributed by atoms with E-state index in [2.05, 4.69) is 0 Å². The van der Waals surface area contributed by atoms with Gasteiger partial charge < -0.3 is 9.84 Å². The van der Waals surface area contributed by atoms with E-state index in [0.29, 0.717) is 5.75 Å². The zero-order valence-electron chi connectivity index (χ0n) is 15.8. The van der Waals surface area contributed by atoms with Crippen molar-refractivity contribution in [3.8, 4) is 5.75 Å². The molecule has 1 heterocycles. The van der Waals surface area contributed by atoms with E-state index in [0.717, 1.165) is 21.6 Å². The summed E-state index contributed by atoms with van der Waals surface area (Å²) in [6.07, 6.45) is -1.14. The SMILES string of the molecule is Cc1ccc(C)c(OC[C@H](O)CN2C(=O)c3cccc([N+](=O)[O-])c3C2=O)c1C. The molecular weight excluding hydrogens is 364 g/mol. The standard InChI is InChI=1S/C20H20N2O6/c1-11-7-8-12(2)18(13(11)3)28-10-14(23)9-21-19(24)15-5-4-6-16(22(26)27)17(15)20(21)25/h4-8,14,23H,9-10H2,1-3H3/t14-/m1/s1. The normalized spacial score (nSPS) is 14.2. The second kappa shape index (κ2) is 7.40. The molecule has 0 unspecified atom stereocenters. The lowest BCUT2D eigenvalue weighted by atomic mass is 10.1. The van der Waals surface area contributed by atoms with Gasteiger partial charge in [0.25, 0.3) is 17.5 Å². The van der Waals surface area contributed by atoms with Gasteiger partial charge in [-0.3, -0.25) is 24.6 Å². The van der Waals surface area contributed by atoms with Crippen LogP contribution in [0.2, 0.25) is 0 Å². The first kappa shape index (κ1) is 19.5. The number of nitro benzene ring substituents is 1. The summed E-state index contributed by atoms with van der Waals surface area (Å²) in [6, 6.07) is 7.78. The van der Waals surface area contributed by atoms with Crippen LogP contribution >= 0.6 is 0 Å². The van der Waals surface area contributed by atoms with Crippen LogP contribution in [0.1, 0.15) is 37.4 Å². The van der Waals surface area contributed by atoms with Crippen molar-refractivity contribution in [3.05, 3.63) is 68.3 Å². The first-order valence-electron chi connectivity index (χ1n) is 8.73. The van der Waals surface area contributed by atoms with Gasteiger partial charge in [-0.2, -0.15) is 0 Å². The zero-order chi connectivity index (χ0) is 20.6. The number of imide groups is 1. The topological polar surface area (TPSA) is 110 Å². The molecule has 2 aromatic carbocycles. The minimum Gasteiger partial charge on any atom is -0.490 e. The van der Waals surface area contributed by atoms with Gasteiger partial charge in [0.15, 0.2) is 0 Å². The number of carbonyl (C=O) groups excluding carboxylic acids is 2. The van der Waals surface area contributed by atoms with Crippen molar-refractivity contribution in [2.75, 3.05) is 13.2 Å². The summed E-state index contributed by atoms with van der Waals surface area (Å²) in [5.74, 6) is -0.794. The maximum absolute atomic E-state index is 12.5. The molecule has 0 radical (unpaired) electrons. The maximum atomic E-state index is 12.5. The molecule has 0 aromatic heterocycles. The van der Waals surface area contributed by atoms with Crippen LogP contribution in [0.3, 0.4) is 0 Å². The molecule has 1 aliphatic heterocycles. The lowest BCUT2D eigenvalue weighted by Crippen LogP contribution is -2.39. The van der Waals surface area contributed by atoms with Crippen molar-refractivity contribution in [2.45, 2.75) is 26.9 Å². The molecular formula is C20H20N2O6. The number of ether oxygens (including phenoxy) is 1. The van der Waals surface area contributed by atoms with Gasteiger partial charge in [-0.1, -0.05) is 18.2 Å². The third-order valence-corrected chi connectivity index (χ3v) is 4.86. The minimum absolute atomic E-state index is 0.0299. The molecule has 1 atom stereocenters. The summed E-state index contributed by atoms with van der Waals surface area (Å²) < 4.78 is 5.72. The molecule has 1 N–H and O–H groups in total. The van der Waals surface area contributed by atoms with Crippen LogP contribution in [-0.4, -0.2) is 46.0 Å². The summed E-state index contributed by atoms with van der Waals surface area (Å²) >= 11 is 0. The summed E-state index contributed by atoms with van der Waals surface area (Å²) in [5, 5.41) is 21.5. The average molecular weight is 384 g/mol. The molecule has 2 aromatic rings. The van der Waals surface area contributed by atoms with E-state index in [-0.39, 0.29) is 24.3 Å². The van der Waals surface area contributed by atoms with E-state index in [9.17, 15) is 24.8 Å². The number of aryl methyl sites for hydroxylation is 2. The van der Waals surface area contributed by atoms with Gasteiger partial charge in [0.1, 0.15) is 24.0 Å². The van der Waals surface area contributed by atoms with Crippen molar-refractivity contribution in [3.63, 3.8) is 0 Å². The third-order valence-electron chi connectivity index (χ3n) is 4.86. The molecule has 0 saturated carbocycles. The van der Waals surface area contributed by atoms with E-state index in [1.165, 1.54) is 18.2 Å². The highest BCUT2D eigenvalue weighted by molar-refractivity contribution is 6.23.